The Labute approximate surface area is 100 Å². The summed E-state index contributed by atoms with van der Waals surface area (Å²) in [7, 11) is 0. The molecule has 2 nitrogen and oxygen atoms in total. The van der Waals surface area contributed by atoms with Gasteiger partial charge in [0.2, 0.25) is 0 Å². The minimum atomic E-state index is -0.578. The zero-order chi connectivity index (χ0) is 11.2. The van der Waals surface area contributed by atoms with Gasteiger partial charge in [-0.1, -0.05) is 41.5 Å². The molecule has 1 aliphatic rings. The van der Waals surface area contributed by atoms with Crippen LogP contribution in [0.3, 0.4) is 0 Å². The van der Waals surface area contributed by atoms with Gasteiger partial charge in [0, 0.05) is 6.04 Å². The Morgan fingerprint density at radius 1 is 1.13 bits per heavy atom. The third-order valence-corrected chi connectivity index (χ3v) is 3.50. The molecular formula is C12H26ClNO. The first-order valence-electron chi connectivity index (χ1n) is 5.55. The molecule has 0 aromatic carbocycles. The fourth-order valence-corrected chi connectivity index (χ4v) is 2.55. The van der Waals surface area contributed by atoms with Crippen LogP contribution < -0.4 is 5.32 Å². The fourth-order valence-electron chi connectivity index (χ4n) is 2.55. The van der Waals surface area contributed by atoms with Gasteiger partial charge in [-0.25, -0.2) is 0 Å². The van der Waals surface area contributed by atoms with E-state index in [0.29, 0.717) is 0 Å². The van der Waals surface area contributed by atoms with Crippen LogP contribution in [0.25, 0.3) is 0 Å². The Morgan fingerprint density at radius 2 is 1.60 bits per heavy atom. The van der Waals surface area contributed by atoms with Crippen LogP contribution in [-0.4, -0.2) is 23.3 Å². The third kappa shape index (κ3) is 2.66. The second kappa shape index (κ2) is 4.23. The lowest BCUT2D eigenvalue weighted by Gasteiger charge is -2.46. The lowest BCUT2D eigenvalue weighted by atomic mass is 9.65. The molecule has 0 aromatic rings. The minimum Gasteiger partial charge on any atom is -0.388 e. The third-order valence-electron chi connectivity index (χ3n) is 3.50. The summed E-state index contributed by atoms with van der Waals surface area (Å²) in [5.74, 6) is 0. The molecule has 92 valence electrons. The number of rotatable bonds is 0. The highest BCUT2D eigenvalue weighted by molar-refractivity contribution is 5.85. The number of halogens is 1. The van der Waals surface area contributed by atoms with Gasteiger partial charge in [0.05, 0.1) is 5.60 Å². The van der Waals surface area contributed by atoms with Gasteiger partial charge in [-0.05, 0) is 23.8 Å². The van der Waals surface area contributed by atoms with Gasteiger partial charge < -0.3 is 10.4 Å². The Balaban J connectivity index is 0.00000196. The largest absolute Gasteiger partial charge is 0.388 e. The van der Waals surface area contributed by atoms with E-state index in [4.69, 9.17) is 0 Å². The van der Waals surface area contributed by atoms with Crippen LogP contribution in [0.15, 0.2) is 0 Å². The van der Waals surface area contributed by atoms with Gasteiger partial charge in [-0.2, -0.15) is 0 Å². The average Bonchev–Trinajstić information content (AvgIpc) is 2.28. The summed E-state index contributed by atoms with van der Waals surface area (Å²) in [6, 6.07) is 0.190. The van der Waals surface area contributed by atoms with E-state index in [2.05, 4.69) is 46.9 Å². The van der Waals surface area contributed by atoms with Crippen molar-refractivity contribution in [2.45, 2.75) is 59.6 Å². The molecule has 1 heterocycles. The second-order valence-corrected chi connectivity index (χ2v) is 6.68. The summed E-state index contributed by atoms with van der Waals surface area (Å²) < 4.78 is 0. The summed E-state index contributed by atoms with van der Waals surface area (Å²) in [4.78, 5) is 0. The maximum absolute atomic E-state index is 10.8. The zero-order valence-electron chi connectivity index (χ0n) is 10.8. The van der Waals surface area contributed by atoms with Gasteiger partial charge >= 0.3 is 0 Å². The molecule has 1 fully saturated rings. The van der Waals surface area contributed by atoms with E-state index in [1.54, 1.807) is 0 Å². The molecule has 2 unspecified atom stereocenters. The van der Waals surface area contributed by atoms with Gasteiger partial charge in [0.1, 0.15) is 0 Å². The number of hydrogen-bond donors (Lipinski definition) is 2. The van der Waals surface area contributed by atoms with Crippen molar-refractivity contribution < 1.29 is 5.11 Å². The fraction of sp³-hybridized carbons (Fsp3) is 1.00. The second-order valence-electron chi connectivity index (χ2n) is 6.68. The van der Waals surface area contributed by atoms with Crippen molar-refractivity contribution in [3.05, 3.63) is 0 Å². The molecule has 0 amide bonds. The molecule has 1 rings (SSSR count). The van der Waals surface area contributed by atoms with E-state index in [0.717, 1.165) is 13.0 Å². The van der Waals surface area contributed by atoms with Crippen molar-refractivity contribution >= 4 is 12.4 Å². The first-order valence-corrected chi connectivity index (χ1v) is 5.55. The Kier molecular flexibility index (Phi) is 4.29. The zero-order valence-corrected chi connectivity index (χ0v) is 11.7. The van der Waals surface area contributed by atoms with E-state index in [-0.39, 0.29) is 29.3 Å². The van der Waals surface area contributed by atoms with Crippen molar-refractivity contribution in [2.75, 3.05) is 6.54 Å². The topological polar surface area (TPSA) is 32.3 Å². The molecule has 1 aliphatic heterocycles. The summed E-state index contributed by atoms with van der Waals surface area (Å²) in [6.45, 7) is 13.9. The quantitative estimate of drug-likeness (QED) is 0.677. The normalized spacial score (nSPS) is 32.6. The SMILES string of the molecule is CC(C)(C)C1NCCC1(O)C(C)(C)C.Cl. The summed E-state index contributed by atoms with van der Waals surface area (Å²) in [6.07, 6.45) is 0.860. The van der Waals surface area contributed by atoms with Gasteiger partial charge in [0.25, 0.3) is 0 Å². The lowest BCUT2D eigenvalue weighted by molar-refractivity contribution is -0.0901. The van der Waals surface area contributed by atoms with E-state index in [1.807, 2.05) is 0 Å². The predicted octanol–water partition coefficient (Wildman–Crippen LogP) is 2.59. The first-order chi connectivity index (χ1) is 6.09. The van der Waals surface area contributed by atoms with E-state index < -0.39 is 5.60 Å². The molecule has 0 spiro atoms. The maximum Gasteiger partial charge on any atom is 0.0865 e. The number of aliphatic hydroxyl groups is 1. The van der Waals surface area contributed by atoms with Crippen LogP contribution in [0.2, 0.25) is 0 Å². The van der Waals surface area contributed by atoms with E-state index >= 15 is 0 Å². The van der Waals surface area contributed by atoms with Gasteiger partial charge in [0.15, 0.2) is 0 Å². The highest BCUT2D eigenvalue weighted by Crippen LogP contribution is 2.44. The molecule has 0 aliphatic carbocycles. The van der Waals surface area contributed by atoms with Gasteiger partial charge in [-0.3, -0.25) is 0 Å². The average molecular weight is 236 g/mol. The summed E-state index contributed by atoms with van der Waals surface area (Å²) in [5.41, 5.74) is -0.530. The monoisotopic (exact) mass is 235 g/mol. The minimum absolute atomic E-state index is 0. The number of nitrogens with one attached hydrogen (secondary N) is 1. The predicted molar refractivity (Wildman–Crippen MR) is 67.5 cm³/mol. The van der Waals surface area contributed by atoms with Crippen molar-refractivity contribution in [2.24, 2.45) is 10.8 Å². The molecule has 1 saturated heterocycles. The molecule has 2 N–H and O–H groups in total. The smallest absolute Gasteiger partial charge is 0.0865 e. The van der Waals surface area contributed by atoms with Crippen LogP contribution in [-0.2, 0) is 0 Å². The Morgan fingerprint density at radius 3 is 1.87 bits per heavy atom. The van der Waals surface area contributed by atoms with Crippen LogP contribution in [0.5, 0.6) is 0 Å². The molecule has 0 radical (unpaired) electrons. The van der Waals surface area contributed by atoms with Crippen molar-refractivity contribution in [1.82, 2.24) is 5.32 Å². The van der Waals surface area contributed by atoms with Crippen LogP contribution >= 0.6 is 12.4 Å². The summed E-state index contributed by atoms with van der Waals surface area (Å²) >= 11 is 0. The Bertz CT molecular complexity index is 217. The molecular weight excluding hydrogens is 210 g/mol. The van der Waals surface area contributed by atoms with Crippen molar-refractivity contribution in [1.29, 1.82) is 0 Å². The molecule has 0 saturated carbocycles. The van der Waals surface area contributed by atoms with Crippen LogP contribution in [0, 0.1) is 10.8 Å². The Hall–Kier alpha value is 0.210. The van der Waals surface area contributed by atoms with E-state index in [9.17, 15) is 5.11 Å². The maximum atomic E-state index is 10.8. The lowest BCUT2D eigenvalue weighted by Crippen LogP contribution is -2.57. The molecule has 0 bridgehead atoms. The first kappa shape index (κ1) is 15.2. The standard InChI is InChI=1S/C12H25NO.ClH/c1-10(2,3)9-12(14,7-8-13-9)11(4,5)6;/h9,13-14H,7-8H2,1-6H3;1H. The molecule has 3 heteroatoms. The van der Waals surface area contributed by atoms with Crippen LogP contribution in [0.4, 0.5) is 0 Å². The number of hydrogen-bond acceptors (Lipinski definition) is 2. The van der Waals surface area contributed by atoms with E-state index in [1.165, 1.54) is 0 Å². The van der Waals surface area contributed by atoms with Crippen molar-refractivity contribution in [3.63, 3.8) is 0 Å². The molecule has 15 heavy (non-hydrogen) atoms. The summed E-state index contributed by atoms with van der Waals surface area (Å²) in [5, 5.41) is 14.2. The highest BCUT2D eigenvalue weighted by Gasteiger charge is 2.53. The van der Waals surface area contributed by atoms with Gasteiger partial charge in [-0.15, -0.1) is 12.4 Å². The molecule has 2 atom stereocenters. The highest BCUT2D eigenvalue weighted by atomic mass is 35.5. The molecule has 0 aromatic heterocycles. The van der Waals surface area contributed by atoms with Crippen molar-refractivity contribution in [3.8, 4) is 0 Å². The van der Waals surface area contributed by atoms with Crippen LogP contribution in [0.1, 0.15) is 48.0 Å².